The van der Waals surface area contributed by atoms with Gasteiger partial charge in [0.05, 0.1) is 5.56 Å². The highest BCUT2D eigenvalue weighted by Gasteiger charge is 2.05. The highest BCUT2D eigenvalue weighted by Crippen LogP contribution is 2.27. The summed E-state index contributed by atoms with van der Waals surface area (Å²) in [4.78, 5) is 10.9. The molecule has 92 valence electrons. The lowest BCUT2D eigenvalue weighted by Gasteiger charge is -2.08. The standard InChI is InChI=1S/C15H13ClO2/c1-2-11-3-6-14(7-4-11)18-15-8-5-13(16)9-12(15)10-17/h3-10H,2H2,1H3. The van der Waals surface area contributed by atoms with Crippen molar-refractivity contribution in [3.05, 3.63) is 58.6 Å². The number of aryl methyl sites for hydroxylation is 1. The molecule has 18 heavy (non-hydrogen) atoms. The van der Waals surface area contributed by atoms with E-state index < -0.39 is 0 Å². The average molecular weight is 261 g/mol. The molecule has 2 rings (SSSR count). The van der Waals surface area contributed by atoms with E-state index >= 15 is 0 Å². The number of ether oxygens (including phenoxy) is 1. The van der Waals surface area contributed by atoms with E-state index in [-0.39, 0.29) is 0 Å². The Hall–Kier alpha value is -1.80. The van der Waals surface area contributed by atoms with E-state index in [9.17, 15) is 4.79 Å². The summed E-state index contributed by atoms with van der Waals surface area (Å²) in [6, 6.07) is 12.8. The second kappa shape index (κ2) is 5.69. The van der Waals surface area contributed by atoms with Crippen molar-refractivity contribution in [1.29, 1.82) is 0 Å². The summed E-state index contributed by atoms with van der Waals surface area (Å²) in [5, 5.41) is 0.519. The third-order valence-corrected chi connectivity index (χ3v) is 2.89. The first kappa shape index (κ1) is 12.7. The Bertz CT molecular complexity index is 547. The van der Waals surface area contributed by atoms with E-state index in [2.05, 4.69) is 6.92 Å². The maximum Gasteiger partial charge on any atom is 0.153 e. The molecule has 3 heteroatoms. The largest absolute Gasteiger partial charge is 0.457 e. The molecule has 0 aliphatic heterocycles. The van der Waals surface area contributed by atoms with E-state index in [1.807, 2.05) is 24.3 Å². The Kier molecular flexibility index (Phi) is 4.00. The minimum atomic E-state index is 0.446. The van der Waals surface area contributed by atoms with Crippen LogP contribution in [0.2, 0.25) is 5.02 Å². The average Bonchev–Trinajstić information content (AvgIpc) is 2.41. The van der Waals surface area contributed by atoms with Crippen LogP contribution in [-0.2, 0) is 6.42 Å². The van der Waals surface area contributed by atoms with Gasteiger partial charge in [-0.1, -0.05) is 30.7 Å². The van der Waals surface area contributed by atoms with Gasteiger partial charge in [-0.25, -0.2) is 0 Å². The van der Waals surface area contributed by atoms with Crippen LogP contribution in [0.25, 0.3) is 0 Å². The van der Waals surface area contributed by atoms with Crippen molar-refractivity contribution >= 4 is 17.9 Å². The van der Waals surface area contributed by atoms with Crippen molar-refractivity contribution in [2.75, 3.05) is 0 Å². The zero-order valence-corrected chi connectivity index (χ0v) is 10.8. The van der Waals surface area contributed by atoms with Crippen LogP contribution >= 0.6 is 11.6 Å². The molecule has 2 nitrogen and oxygen atoms in total. The Morgan fingerprint density at radius 1 is 1.17 bits per heavy atom. The minimum Gasteiger partial charge on any atom is -0.457 e. The molecule has 0 fully saturated rings. The molecule has 0 saturated heterocycles. The minimum absolute atomic E-state index is 0.446. The second-order valence-corrected chi connectivity index (χ2v) is 4.34. The summed E-state index contributed by atoms with van der Waals surface area (Å²) >= 11 is 5.82. The first-order valence-electron chi connectivity index (χ1n) is 5.74. The third-order valence-electron chi connectivity index (χ3n) is 2.66. The fourth-order valence-electron chi connectivity index (χ4n) is 1.62. The molecule has 0 unspecified atom stereocenters. The van der Waals surface area contributed by atoms with Gasteiger partial charge in [0.1, 0.15) is 11.5 Å². The zero-order chi connectivity index (χ0) is 13.0. The first-order valence-corrected chi connectivity index (χ1v) is 6.12. The van der Waals surface area contributed by atoms with Gasteiger partial charge in [-0.15, -0.1) is 0 Å². The molecule has 2 aromatic rings. The summed E-state index contributed by atoms with van der Waals surface area (Å²) in [7, 11) is 0. The Morgan fingerprint density at radius 3 is 2.50 bits per heavy atom. The lowest BCUT2D eigenvalue weighted by Crippen LogP contribution is -1.90. The predicted octanol–water partition coefficient (Wildman–Crippen LogP) is 4.51. The molecular weight excluding hydrogens is 248 g/mol. The lowest BCUT2D eigenvalue weighted by molar-refractivity contribution is 0.112. The van der Waals surface area contributed by atoms with Crippen LogP contribution in [0.3, 0.4) is 0 Å². The Morgan fingerprint density at radius 2 is 1.89 bits per heavy atom. The van der Waals surface area contributed by atoms with Gasteiger partial charge in [-0.05, 0) is 42.3 Å². The quantitative estimate of drug-likeness (QED) is 0.756. The third kappa shape index (κ3) is 2.90. The maximum absolute atomic E-state index is 10.9. The van der Waals surface area contributed by atoms with Crippen LogP contribution in [-0.4, -0.2) is 6.29 Å². The Balaban J connectivity index is 2.24. The van der Waals surface area contributed by atoms with Gasteiger partial charge in [-0.2, -0.15) is 0 Å². The molecule has 0 heterocycles. The van der Waals surface area contributed by atoms with Crippen LogP contribution in [0.1, 0.15) is 22.8 Å². The number of carbonyl (C=O) groups excluding carboxylic acids is 1. The molecule has 0 spiro atoms. The zero-order valence-electron chi connectivity index (χ0n) is 10.0. The molecule has 2 aromatic carbocycles. The molecular formula is C15H13ClO2. The molecule has 0 aliphatic carbocycles. The highest BCUT2D eigenvalue weighted by molar-refractivity contribution is 6.30. The van der Waals surface area contributed by atoms with E-state index in [1.165, 1.54) is 5.56 Å². The molecule has 0 saturated carbocycles. The van der Waals surface area contributed by atoms with Gasteiger partial charge in [0.2, 0.25) is 0 Å². The van der Waals surface area contributed by atoms with E-state index in [1.54, 1.807) is 18.2 Å². The highest BCUT2D eigenvalue weighted by atomic mass is 35.5. The van der Waals surface area contributed by atoms with Crippen LogP contribution in [0.5, 0.6) is 11.5 Å². The van der Waals surface area contributed by atoms with E-state index in [0.29, 0.717) is 22.1 Å². The summed E-state index contributed by atoms with van der Waals surface area (Å²) < 4.78 is 5.66. The van der Waals surface area contributed by atoms with Gasteiger partial charge >= 0.3 is 0 Å². The summed E-state index contributed by atoms with van der Waals surface area (Å²) in [5.41, 5.74) is 1.69. The molecule has 0 N–H and O–H groups in total. The van der Waals surface area contributed by atoms with Crippen LogP contribution in [0.4, 0.5) is 0 Å². The molecule has 0 aliphatic rings. The molecule has 0 aromatic heterocycles. The first-order chi connectivity index (χ1) is 8.72. The van der Waals surface area contributed by atoms with Crippen LogP contribution in [0, 0.1) is 0 Å². The molecule has 0 atom stereocenters. The number of benzene rings is 2. The SMILES string of the molecule is CCc1ccc(Oc2ccc(Cl)cc2C=O)cc1. The van der Waals surface area contributed by atoms with Crippen LogP contribution in [0.15, 0.2) is 42.5 Å². The maximum atomic E-state index is 10.9. The number of carbonyl (C=O) groups is 1. The van der Waals surface area contributed by atoms with Crippen molar-refractivity contribution in [2.45, 2.75) is 13.3 Å². The van der Waals surface area contributed by atoms with Gasteiger partial charge < -0.3 is 4.74 Å². The van der Waals surface area contributed by atoms with Crippen molar-refractivity contribution < 1.29 is 9.53 Å². The molecule has 0 amide bonds. The van der Waals surface area contributed by atoms with Gasteiger partial charge in [0.15, 0.2) is 6.29 Å². The smallest absolute Gasteiger partial charge is 0.153 e. The molecule has 0 bridgehead atoms. The number of halogens is 1. The topological polar surface area (TPSA) is 26.3 Å². The van der Waals surface area contributed by atoms with Crippen molar-refractivity contribution in [1.82, 2.24) is 0 Å². The van der Waals surface area contributed by atoms with Gasteiger partial charge in [0.25, 0.3) is 0 Å². The number of rotatable bonds is 4. The second-order valence-electron chi connectivity index (χ2n) is 3.90. The summed E-state index contributed by atoms with van der Waals surface area (Å²) in [6.07, 6.45) is 1.72. The summed E-state index contributed by atoms with van der Waals surface area (Å²) in [6.45, 7) is 2.10. The normalized spacial score (nSPS) is 10.1. The summed E-state index contributed by atoms with van der Waals surface area (Å²) in [5.74, 6) is 1.22. The van der Waals surface area contributed by atoms with E-state index in [0.717, 1.165) is 12.7 Å². The van der Waals surface area contributed by atoms with Crippen molar-refractivity contribution in [3.63, 3.8) is 0 Å². The fourth-order valence-corrected chi connectivity index (χ4v) is 1.81. The Labute approximate surface area is 111 Å². The van der Waals surface area contributed by atoms with Gasteiger partial charge in [0, 0.05) is 5.02 Å². The predicted molar refractivity (Wildman–Crippen MR) is 72.7 cm³/mol. The lowest BCUT2D eigenvalue weighted by atomic mass is 10.2. The monoisotopic (exact) mass is 260 g/mol. The number of hydrogen-bond acceptors (Lipinski definition) is 2. The van der Waals surface area contributed by atoms with Crippen LogP contribution < -0.4 is 4.74 Å². The fraction of sp³-hybridized carbons (Fsp3) is 0.133. The molecule has 0 radical (unpaired) electrons. The number of aldehydes is 1. The van der Waals surface area contributed by atoms with Gasteiger partial charge in [-0.3, -0.25) is 4.79 Å². The van der Waals surface area contributed by atoms with Crippen molar-refractivity contribution in [2.24, 2.45) is 0 Å². The van der Waals surface area contributed by atoms with E-state index in [4.69, 9.17) is 16.3 Å². The number of hydrogen-bond donors (Lipinski definition) is 0. The van der Waals surface area contributed by atoms with Crippen molar-refractivity contribution in [3.8, 4) is 11.5 Å².